The second-order valence-electron chi connectivity index (χ2n) is 13.7. The molecule has 0 radical (unpaired) electrons. The zero-order chi connectivity index (χ0) is 35.8. The molecule has 2 heterocycles. The fourth-order valence-electron chi connectivity index (χ4n) is 7.64. The van der Waals surface area contributed by atoms with Crippen LogP contribution < -0.4 is 0 Å². The Hall–Kier alpha value is -7.10. The van der Waals surface area contributed by atoms with Crippen molar-refractivity contribution in [3.63, 3.8) is 0 Å². The molecule has 8 aromatic carbocycles. The van der Waals surface area contributed by atoms with Crippen molar-refractivity contribution in [2.45, 2.75) is 6.42 Å². The van der Waals surface area contributed by atoms with Crippen molar-refractivity contribution in [1.29, 1.82) is 0 Å². The monoisotopic (exact) mass is 690 g/mol. The number of allylic oxidation sites excluding steroid dienone is 1. The Labute approximate surface area is 313 Å². The maximum absolute atomic E-state index is 6.57. The predicted molar refractivity (Wildman–Crippen MR) is 226 cm³/mol. The third-order valence-electron chi connectivity index (χ3n) is 10.4. The highest BCUT2D eigenvalue weighted by Gasteiger charge is 2.20. The molecule has 0 aliphatic carbocycles. The molecule has 3 nitrogen and oxygen atoms in total. The largest absolute Gasteiger partial charge is 0.456 e. The molecule has 1 aromatic heterocycles. The van der Waals surface area contributed by atoms with Crippen LogP contribution in [0.2, 0.25) is 0 Å². The van der Waals surface area contributed by atoms with E-state index in [4.69, 9.17) is 14.4 Å². The first kappa shape index (κ1) is 31.6. The minimum atomic E-state index is 0.624. The lowest BCUT2D eigenvalue weighted by atomic mass is 9.94. The highest BCUT2D eigenvalue weighted by molar-refractivity contribution is 6.19. The van der Waals surface area contributed by atoms with E-state index in [1.54, 1.807) is 0 Å². The van der Waals surface area contributed by atoms with Gasteiger partial charge in [-0.05, 0) is 67.9 Å². The first-order valence-corrected chi connectivity index (χ1v) is 18.4. The van der Waals surface area contributed by atoms with Gasteiger partial charge in [-0.2, -0.15) is 0 Å². The summed E-state index contributed by atoms with van der Waals surface area (Å²) in [7, 11) is 0. The normalized spacial score (nSPS) is 13.1. The predicted octanol–water partition coefficient (Wildman–Crippen LogP) is 13.4. The molecule has 3 heteroatoms. The van der Waals surface area contributed by atoms with Gasteiger partial charge in [-0.25, -0.2) is 9.98 Å². The van der Waals surface area contributed by atoms with Crippen LogP contribution in [0.15, 0.2) is 209 Å². The summed E-state index contributed by atoms with van der Waals surface area (Å²) in [5.74, 6) is 0.681. The summed E-state index contributed by atoms with van der Waals surface area (Å²) < 4.78 is 6.57. The summed E-state index contributed by atoms with van der Waals surface area (Å²) in [4.78, 5) is 10.7. The zero-order valence-electron chi connectivity index (χ0n) is 29.5. The highest BCUT2D eigenvalue weighted by Crippen LogP contribution is 2.41. The van der Waals surface area contributed by atoms with Crippen molar-refractivity contribution < 1.29 is 4.42 Å². The van der Waals surface area contributed by atoms with E-state index in [2.05, 4.69) is 182 Å². The smallest absolute Gasteiger partial charge is 0.160 e. The molecule has 0 saturated heterocycles. The third-order valence-corrected chi connectivity index (χ3v) is 10.4. The number of nitrogens with zero attached hydrogens (tertiary/aromatic N) is 2. The number of amidine groups is 1. The number of hydrogen-bond donors (Lipinski definition) is 0. The Balaban J connectivity index is 1.12. The van der Waals surface area contributed by atoms with E-state index in [9.17, 15) is 0 Å². The van der Waals surface area contributed by atoms with E-state index >= 15 is 0 Å². The van der Waals surface area contributed by atoms with Gasteiger partial charge in [0.15, 0.2) is 5.84 Å². The zero-order valence-corrected chi connectivity index (χ0v) is 29.5. The maximum atomic E-state index is 6.57. The van der Waals surface area contributed by atoms with Crippen LogP contribution in [0.1, 0.15) is 23.1 Å². The van der Waals surface area contributed by atoms with Crippen LogP contribution in [0.3, 0.4) is 0 Å². The Morgan fingerprint density at radius 1 is 0.370 bits per heavy atom. The van der Waals surface area contributed by atoms with Gasteiger partial charge < -0.3 is 4.42 Å². The van der Waals surface area contributed by atoms with Crippen molar-refractivity contribution in [3.05, 3.63) is 211 Å². The lowest BCUT2D eigenvalue weighted by Crippen LogP contribution is -2.05. The summed E-state index contributed by atoms with van der Waals surface area (Å²) in [6.07, 6.45) is 2.85. The van der Waals surface area contributed by atoms with Gasteiger partial charge in [-0.15, -0.1) is 0 Å². The number of aliphatic imine (C=N–C) groups is 2. The van der Waals surface area contributed by atoms with Crippen LogP contribution in [-0.4, -0.2) is 11.5 Å². The van der Waals surface area contributed by atoms with Crippen LogP contribution in [0.4, 0.5) is 0 Å². The van der Waals surface area contributed by atoms with Crippen molar-refractivity contribution in [1.82, 2.24) is 0 Å². The minimum Gasteiger partial charge on any atom is -0.456 e. The van der Waals surface area contributed by atoms with Crippen molar-refractivity contribution >= 4 is 50.0 Å². The summed E-state index contributed by atoms with van der Waals surface area (Å²) in [5, 5.41) is 4.57. The van der Waals surface area contributed by atoms with Gasteiger partial charge in [-0.3, -0.25) is 0 Å². The second-order valence-corrected chi connectivity index (χ2v) is 13.7. The molecule has 0 bridgehead atoms. The summed E-state index contributed by atoms with van der Waals surface area (Å²) >= 11 is 0. The van der Waals surface area contributed by atoms with Crippen molar-refractivity contribution in [2.75, 3.05) is 0 Å². The lowest BCUT2D eigenvalue weighted by Gasteiger charge is -2.09. The quantitative estimate of drug-likeness (QED) is 0.171. The topological polar surface area (TPSA) is 37.9 Å². The summed E-state index contributed by atoms with van der Waals surface area (Å²) in [6.45, 7) is 0. The Morgan fingerprint density at radius 2 is 0.889 bits per heavy atom. The maximum Gasteiger partial charge on any atom is 0.160 e. The molecule has 1 aliphatic heterocycles. The summed E-state index contributed by atoms with van der Waals surface area (Å²) in [5.41, 5.74) is 13.6. The average molecular weight is 691 g/mol. The number of fused-ring (bicyclic) bond motifs is 4. The average Bonchev–Trinajstić information content (AvgIpc) is 3.50. The SMILES string of the molecule is C1=C(c2cccc3oc4cccc(-c5ccc6ccccc6c5)c4c23)N=C(c2ccc(-c3ccccc3)cc2)N=C(c2ccc(-c3ccccc3)cc2)C1. The first-order valence-electron chi connectivity index (χ1n) is 18.4. The van der Waals surface area contributed by atoms with E-state index in [-0.39, 0.29) is 0 Å². The first-order chi connectivity index (χ1) is 26.7. The van der Waals surface area contributed by atoms with Gasteiger partial charge in [-0.1, -0.05) is 176 Å². The number of hydrogen-bond acceptors (Lipinski definition) is 3. The van der Waals surface area contributed by atoms with Gasteiger partial charge in [0.2, 0.25) is 0 Å². The molecule has 10 rings (SSSR count). The van der Waals surface area contributed by atoms with Crippen molar-refractivity contribution in [3.8, 4) is 33.4 Å². The fourth-order valence-corrected chi connectivity index (χ4v) is 7.64. The molecular formula is C51H34N2O. The van der Waals surface area contributed by atoms with Crippen LogP contribution in [0.5, 0.6) is 0 Å². The molecule has 54 heavy (non-hydrogen) atoms. The molecular weight excluding hydrogens is 657 g/mol. The van der Waals surface area contributed by atoms with Crippen LogP contribution in [0.25, 0.3) is 71.8 Å². The molecule has 0 fully saturated rings. The van der Waals surface area contributed by atoms with Crippen molar-refractivity contribution in [2.24, 2.45) is 9.98 Å². The van der Waals surface area contributed by atoms with E-state index in [1.807, 2.05) is 12.1 Å². The molecule has 0 N–H and O–H groups in total. The van der Waals surface area contributed by atoms with Crippen LogP contribution in [-0.2, 0) is 0 Å². The molecule has 0 unspecified atom stereocenters. The van der Waals surface area contributed by atoms with E-state index < -0.39 is 0 Å². The van der Waals surface area contributed by atoms with Gasteiger partial charge in [0.1, 0.15) is 11.2 Å². The number of furan rings is 1. The molecule has 9 aromatic rings. The molecule has 0 amide bonds. The number of benzene rings is 8. The Morgan fingerprint density at radius 3 is 1.56 bits per heavy atom. The molecule has 0 atom stereocenters. The molecule has 0 spiro atoms. The van der Waals surface area contributed by atoms with Gasteiger partial charge in [0.25, 0.3) is 0 Å². The summed E-state index contributed by atoms with van der Waals surface area (Å²) in [6, 6.07) is 66.1. The number of rotatable bonds is 6. The van der Waals surface area contributed by atoms with Crippen LogP contribution in [0, 0.1) is 0 Å². The van der Waals surface area contributed by atoms with E-state index in [1.165, 1.54) is 27.5 Å². The molecule has 0 saturated carbocycles. The second kappa shape index (κ2) is 13.5. The third kappa shape index (κ3) is 5.82. The highest BCUT2D eigenvalue weighted by atomic mass is 16.3. The Kier molecular flexibility index (Phi) is 7.88. The van der Waals surface area contributed by atoms with Gasteiger partial charge in [0, 0.05) is 28.3 Å². The molecule has 254 valence electrons. The van der Waals surface area contributed by atoms with E-state index in [0.717, 1.165) is 66.7 Å². The Bertz CT molecular complexity index is 2920. The standard InChI is InChI=1S/C51H34N2O/c1-3-11-34(12-4-1)37-21-26-39(27-22-37)45-31-32-46(53-51(52-45)40-28-23-38(24-29-40)35-13-5-2-6-14-35)44-18-10-20-48-50(44)49-43(17-9-19-47(49)54-48)42-30-25-36-15-7-8-16-41(36)33-42/h1-30,32-33H,31H2. The lowest BCUT2D eigenvalue weighted by molar-refractivity contribution is 0.669. The fraction of sp³-hybridized carbons (Fsp3) is 0.0196. The molecule has 1 aliphatic rings. The van der Waals surface area contributed by atoms with Gasteiger partial charge >= 0.3 is 0 Å². The van der Waals surface area contributed by atoms with Gasteiger partial charge in [0.05, 0.1) is 11.4 Å². The van der Waals surface area contributed by atoms with Crippen LogP contribution >= 0.6 is 0 Å². The minimum absolute atomic E-state index is 0.624. The van der Waals surface area contributed by atoms with E-state index in [0.29, 0.717) is 12.3 Å².